The van der Waals surface area contributed by atoms with Crippen LogP contribution in [0.5, 0.6) is 5.75 Å². The number of anilines is 1. The molecule has 0 saturated carbocycles. The Balaban J connectivity index is 1.49. The number of hydrogen-bond acceptors (Lipinski definition) is 7. The van der Waals surface area contributed by atoms with E-state index < -0.39 is 10.8 Å². The monoisotopic (exact) mass is 462 g/mol. The Morgan fingerprint density at radius 1 is 1.06 bits per heavy atom. The third-order valence-corrected chi connectivity index (χ3v) is 5.05. The van der Waals surface area contributed by atoms with E-state index in [1.165, 1.54) is 29.1 Å². The number of thiocarbonyl (C=S) groups is 1. The van der Waals surface area contributed by atoms with Gasteiger partial charge in [0, 0.05) is 23.4 Å². The minimum absolute atomic E-state index is 0.0864. The van der Waals surface area contributed by atoms with Crippen LogP contribution in [0.4, 0.5) is 11.4 Å². The van der Waals surface area contributed by atoms with Gasteiger partial charge in [0.2, 0.25) is 0 Å². The van der Waals surface area contributed by atoms with Crippen molar-refractivity contribution in [2.75, 3.05) is 12.4 Å². The second-order valence-electron chi connectivity index (χ2n) is 7.06. The van der Waals surface area contributed by atoms with Crippen LogP contribution in [0, 0.1) is 17.0 Å². The molecule has 0 atom stereocenters. The van der Waals surface area contributed by atoms with E-state index in [9.17, 15) is 14.9 Å². The zero-order valence-corrected chi connectivity index (χ0v) is 18.4. The van der Waals surface area contributed by atoms with Crippen molar-refractivity contribution in [3.05, 3.63) is 81.9 Å². The van der Waals surface area contributed by atoms with Crippen LogP contribution in [0.1, 0.15) is 15.9 Å². The van der Waals surface area contributed by atoms with Crippen LogP contribution in [0.25, 0.3) is 16.7 Å². The largest absolute Gasteiger partial charge is 0.497 e. The molecule has 0 saturated heterocycles. The fourth-order valence-corrected chi connectivity index (χ4v) is 3.30. The Kier molecular flexibility index (Phi) is 5.96. The molecule has 1 aromatic heterocycles. The lowest BCUT2D eigenvalue weighted by Gasteiger charge is -2.11. The number of ether oxygens (including phenoxy) is 1. The summed E-state index contributed by atoms with van der Waals surface area (Å²) in [5.74, 6) is 0.258. The summed E-state index contributed by atoms with van der Waals surface area (Å²) in [7, 11) is 1.60. The van der Waals surface area contributed by atoms with Crippen molar-refractivity contribution < 1.29 is 14.5 Å². The number of carbonyl (C=O) groups is 1. The Morgan fingerprint density at radius 2 is 1.70 bits per heavy atom. The van der Waals surface area contributed by atoms with Crippen LogP contribution in [0.2, 0.25) is 0 Å². The molecular weight excluding hydrogens is 444 g/mol. The minimum Gasteiger partial charge on any atom is -0.497 e. The number of aromatic nitrogens is 3. The van der Waals surface area contributed by atoms with Gasteiger partial charge in [-0.15, -0.1) is 10.2 Å². The molecule has 33 heavy (non-hydrogen) atoms. The van der Waals surface area contributed by atoms with Gasteiger partial charge in [0.05, 0.1) is 17.7 Å². The number of nitro groups is 1. The number of benzene rings is 3. The molecule has 1 heterocycles. The summed E-state index contributed by atoms with van der Waals surface area (Å²) >= 11 is 5.26. The number of nitrogens with one attached hydrogen (secondary N) is 2. The number of rotatable bonds is 5. The molecule has 2 N–H and O–H groups in total. The van der Waals surface area contributed by atoms with Crippen molar-refractivity contribution >= 4 is 45.6 Å². The summed E-state index contributed by atoms with van der Waals surface area (Å²) in [4.78, 5) is 24.1. The van der Waals surface area contributed by atoms with Crippen molar-refractivity contribution in [3.63, 3.8) is 0 Å². The maximum absolute atomic E-state index is 12.4. The average molecular weight is 462 g/mol. The van der Waals surface area contributed by atoms with E-state index >= 15 is 0 Å². The Bertz CT molecular complexity index is 1370. The number of methoxy groups -OCH3 is 1. The number of carbonyl (C=O) groups excluding carboxylic acids is 1. The summed E-state index contributed by atoms with van der Waals surface area (Å²) in [6.07, 6.45) is 0. The third-order valence-electron chi connectivity index (χ3n) is 4.85. The molecule has 0 bridgehead atoms. The van der Waals surface area contributed by atoms with Gasteiger partial charge in [-0.25, -0.2) is 0 Å². The summed E-state index contributed by atoms with van der Waals surface area (Å²) in [5, 5.41) is 25.4. The molecule has 0 aliphatic rings. The van der Waals surface area contributed by atoms with Gasteiger partial charge >= 0.3 is 0 Å². The maximum atomic E-state index is 12.4. The zero-order valence-electron chi connectivity index (χ0n) is 17.6. The standard InChI is InChI=1S/C22H18N6O4S/c1-13-11-19-20(26-27(25-19)15-7-9-17(32-2)10-8-15)12-18(13)23-22(33)24-21(29)14-3-5-16(6-4-14)28(30)31/h3-12H,1-2H3,(H2,23,24,29,33). The van der Waals surface area contributed by atoms with Crippen LogP contribution < -0.4 is 15.4 Å². The van der Waals surface area contributed by atoms with Crippen LogP contribution in [-0.4, -0.2) is 38.0 Å². The molecule has 3 aromatic carbocycles. The highest BCUT2D eigenvalue weighted by Gasteiger charge is 2.13. The Hall–Kier alpha value is -4.38. The van der Waals surface area contributed by atoms with Gasteiger partial charge in [-0.3, -0.25) is 20.2 Å². The van der Waals surface area contributed by atoms with Crippen molar-refractivity contribution in [1.82, 2.24) is 20.3 Å². The van der Waals surface area contributed by atoms with Gasteiger partial charge < -0.3 is 10.1 Å². The van der Waals surface area contributed by atoms with Crippen LogP contribution >= 0.6 is 12.2 Å². The van der Waals surface area contributed by atoms with Crippen molar-refractivity contribution in [2.45, 2.75) is 6.92 Å². The molecule has 11 heteroatoms. The highest BCUT2D eigenvalue weighted by molar-refractivity contribution is 7.80. The highest BCUT2D eigenvalue weighted by atomic mass is 32.1. The van der Waals surface area contributed by atoms with Gasteiger partial charge in [0.1, 0.15) is 16.8 Å². The molecule has 4 rings (SSSR count). The van der Waals surface area contributed by atoms with Crippen LogP contribution in [0.15, 0.2) is 60.7 Å². The molecule has 4 aromatic rings. The number of non-ortho nitro benzene ring substituents is 1. The SMILES string of the molecule is COc1ccc(-n2nc3cc(C)c(NC(=S)NC(=O)c4ccc([N+](=O)[O-])cc4)cc3n2)cc1. The molecule has 1 amide bonds. The van der Waals surface area contributed by atoms with E-state index in [1.54, 1.807) is 13.2 Å². The maximum Gasteiger partial charge on any atom is 0.269 e. The number of nitro benzene ring substituents is 1. The second-order valence-corrected chi connectivity index (χ2v) is 7.46. The topological polar surface area (TPSA) is 124 Å². The molecule has 166 valence electrons. The highest BCUT2D eigenvalue weighted by Crippen LogP contribution is 2.23. The number of aryl methyl sites for hydroxylation is 1. The summed E-state index contributed by atoms with van der Waals surface area (Å²) in [5.41, 5.74) is 3.80. The molecule has 0 spiro atoms. The molecular formula is C22H18N6O4S. The lowest BCUT2D eigenvalue weighted by atomic mass is 10.2. The van der Waals surface area contributed by atoms with E-state index in [1.807, 2.05) is 37.3 Å². The fourth-order valence-electron chi connectivity index (χ4n) is 3.10. The average Bonchev–Trinajstić information content (AvgIpc) is 3.22. The molecule has 0 aliphatic carbocycles. The first-order chi connectivity index (χ1) is 15.8. The first kappa shape index (κ1) is 21.8. The summed E-state index contributed by atoms with van der Waals surface area (Å²) < 4.78 is 5.18. The van der Waals surface area contributed by atoms with Crippen molar-refractivity contribution in [1.29, 1.82) is 0 Å². The van der Waals surface area contributed by atoms with Gasteiger partial charge in [0.15, 0.2) is 5.11 Å². The first-order valence-corrected chi connectivity index (χ1v) is 10.1. The van der Waals surface area contributed by atoms with Crippen LogP contribution in [-0.2, 0) is 0 Å². The lowest BCUT2D eigenvalue weighted by molar-refractivity contribution is -0.384. The summed E-state index contributed by atoms with van der Waals surface area (Å²) in [6.45, 7) is 1.88. The van der Waals surface area contributed by atoms with E-state index in [-0.39, 0.29) is 16.4 Å². The summed E-state index contributed by atoms with van der Waals surface area (Å²) in [6, 6.07) is 16.3. The molecule has 0 radical (unpaired) electrons. The molecule has 0 unspecified atom stereocenters. The van der Waals surface area contributed by atoms with Gasteiger partial charge in [-0.1, -0.05) is 0 Å². The second kappa shape index (κ2) is 9.01. The molecule has 10 nitrogen and oxygen atoms in total. The number of amides is 1. The lowest BCUT2D eigenvalue weighted by Crippen LogP contribution is -2.34. The number of fused-ring (bicyclic) bond motifs is 1. The molecule has 0 fully saturated rings. The van der Waals surface area contributed by atoms with Gasteiger partial charge in [-0.2, -0.15) is 4.80 Å². The number of nitrogens with zero attached hydrogens (tertiary/aromatic N) is 4. The van der Waals surface area contributed by atoms with Crippen molar-refractivity contribution in [3.8, 4) is 11.4 Å². The van der Waals surface area contributed by atoms with E-state index in [0.717, 1.165) is 17.0 Å². The first-order valence-electron chi connectivity index (χ1n) is 9.73. The third kappa shape index (κ3) is 4.77. The quantitative estimate of drug-likeness (QED) is 0.261. The van der Waals surface area contributed by atoms with Gasteiger partial charge in [0.25, 0.3) is 11.6 Å². The predicted molar refractivity (Wildman–Crippen MR) is 127 cm³/mol. The number of hydrogen-bond donors (Lipinski definition) is 2. The van der Waals surface area contributed by atoms with Crippen LogP contribution in [0.3, 0.4) is 0 Å². The van der Waals surface area contributed by atoms with E-state index in [0.29, 0.717) is 16.7 Å². The zero-order chi connectivity index (χ0) is 23.5. The molecule has 0 aliphatic heterocycles. The predicted octanol–water partition coefficient (Wildman–Crippen LogP) is 3.77. The van der Waals surface area contributed by atoms with E-state index in [2.05, 4.69) is 20.8 Å². The smallest absolute Gasteiger partial charge is 0.269 e. The Labute approximate surface area is 193 Å². The van der Waals surface area contributed by atoms with Crippen molar-refractivity contribution in [2.24, 2.45) is 0 Å². The minimum atomic E-state index is -0.530. The fraction of sp³-hybridized carbons (Fsp3) is 0.0909. The Morgan fingerprint density at radius 3 is 2.30 bits per heavy atom. The van der Waals surface area contributed by atoms with E-state index in [4.69, 9.17) is 17.0 Å². The van der Waals surface area contributed by atoms with Gasteiger partial charge in [-0.05, 0) is 73.2 Å². The normalized spacial score (nSPS) is 10.6.